The van der Waals surface area contributed by atoms with Crippen LogP contribution in [-0.4, -0.2) is 27.0 Å². The topological polar surface area (TPSA) is 96.9 Å². The number of aromatic nitrogens is 3. The van der Waals surface area contributed by atoms with Crippen LogP contribution in [0.25, 0.3) is 0 Å². The van der Waals surface area contributed by atoms with Crippen molar-refractivity contribution in [1.29, 1.82) is 0 Å². The van der Waals surface area contributed by atoms with Crippen molar-refractivity contribution in [2.75, 3.05) is 10.6 Å². The molecule has 0 aromatic carbocycles. The molecule has 0 atom stereocenters. The average molecular weight is 323 g/mol. The first-order valence-electron chi connectivity index (χ1n) is 6.45. The van der Waals surface area contributed by atoms with Crippen LogP contribution >= 0.6 is 22.7 Å². The second kappa shape index (κ2) is 5.86. The number of aryl methyl sites for hydroxylation is 1. The molecule has 110 valence electrons. The molecule has 2 amide bonds. The summed E-state index contributed by atoms with van der Waals surface area (Å²) in [5, 5.41) is 16.7. The molecule has 1 aliphatic rings. The van der Waals surface area contributed by atoms with Gasteiger partial charge in [-0.3, -0.25) is 9.59 Å². The van der Waals surface area contributed by atoms with E-state index in [2.05, 4.69) is 25.8 Å². The Hall–Kier alpha value is -1.87. The van der Waals surface area contributed by atoms with Gasteiger partial charge in [-0.1, -0.05) is 11.3 Å². The number of hydrogen-bond donors (Lipinski definition) is 2. The van der Waals surface area contributed by atoms with Crippen LogP contribution in [0.15, 0.2) is 5.38 Å². The fourth-order valence-electron chi connectivity index (χ4n) is 1.67. The number of amides is 2. The van der Waals surface area contributed by atoms with Crippen LogP contribution in [0.2, 0.25) is 0 Å². The Kier molecular flexibility index (Phi) is 3.93. The predicted molar refractivity (Wildman–Crippen MR) is 80.4 cm³/mol. The number of hydrogen-bond acceptors (Lipinski definition) is 7. The van der Waals surface area contributed by atoms with Crippen LogP contribution in [0, 0.1) is 12.8 Å². The van der Waals surface area contributed by atoms with E-state index < -0.39 is 0 Å². The largest absolute Gasteiger partial charge is 0.302 e. The number of carbonyl (C=O) groups is 2. The molecule has 1 aliphatic carbocycles. The Balaban J connectivity index is 1.53. The lowest BCUT2D eigenvalue weighted by Gasteiger charge is -1.99. The molecule has 1 fully saturated rings. The van der Waals surface area contributed by atoms with Crippen LogP contribution in [0.3, 0.4) is 0 Å². The van der Waals surface area contributed by atoms with Gasteiger partial charge in [-0.25, -0.2) is 4.98 Å². The van der Waals surface area contributed by atoms with Crippen LogP contribution in [0.4, 0.5) is 10.3 Å². The molecule has 2 aromatic heterocycles. The number of anilines is 2. The maximum Gasteiger partial charge on any atom is 0.232 e. The normalized spacial score (nSPS) is 14.0. The fraction of sp³-hybridized carbons (Fsp3) is 0.417. The molecular formula is C12H13N5O2S2. The van der Waals surface area contributed by atoms with Gasteiger partial charge in [0.05, 0.1) is 12.1 Å². The van der Waals surface area contributed by atoms with Crippen molar-refractivity contribution in [2.45, 2.75) is 26.2 Å². The molecule has 0 bridgehead atoms. The fourth-order valence-corrected chi connectivity index (χ4v) is 2.99. The molecule has 7 nitrogen and oxygen atoms in total. The maximum absolute atomic E-state index is 11.8. The summed E-state index contributed by atoms with van der Waals surface area (Å²) < 4.78 is 0. The summed E-state index contributed by atoms with van der Waals surface area (Å²) in [6.45, 7) is 1.82. The SMILES string of the molecule is Cc1nnc(NC(=O)Cc2csc(NC(=O)C3CC3)n2)s1. The van der Waals surface area contributed by atoms with E-state index in [0.29, 0.717) is 16.0 Å². The van der Waals surface area contributed by atoms with E-state index in [0.717, 1.165) is 17.8 Å². The lowest BCUT2D eigenvalue weighted by molar-refractivity contribution is -0.117. The molecule has 2 N–H and O–H groups in total. The monoisotopic (exact) mass is 323 g/mol. The number of nitrogens with zero attached hydrogens (tertiary/aromatic N) is 3. The zero-order valence-corrected chi connectivity index (χ0v) is 12.9. The Morgan fingerprint density at radius 2 is 2.10 bits per heavy atom. The predicted octanol–water partition coefficient (Wildman–Crippen LogP) is 1.83. The quantitative estimate of drug-likeness (QED) is 0.875. The smallest absolute Gasteiger partial charge is 0.232 e. The zero-order valence-electron chi connectivity index (χ0n) is 11.3. The van der Waals surface area contributed by atoms with E-state index in [4.69, 9.17) is 0 Å². The number of nitrogens with one attached hydrogen (secondary N) is 2. The molecule has 0 saturated heterocycles. The molecule has 0 unspecified atom stereocenters. The molecule has 0 spiro atoms. The second-order valence-electron chi connectivity index (χ2n) is 4.76. The summed E-state index contributed by atoms with van der Waals surface area (Å²) >= 11 is 2.65. The van der Waals surface area contributed by atoms with Gasteiger partial charge < -0.3 is 10.6 Å². The molecule has 1 saturated carbocycles. The summed E-state index contributed by atoms with van der Waals surface area (Å²) in [5.74, 6) is -0.0394. The van der Waals surface area contributed by atoms with E-state index in [9.17, 15) is 9.59 Å². The minimum atomic E-state index is -0.198. The van der Waals surface area contributed by atoms with Crippen LogP contribution in [-0.2, 0) is 16.0 Å². The van der Waals surface area contributed by atoms with Crippen molar-refractivity contribution in [1.82, 2.24) is 15.2 Å². The molecule has 2 heterocycles. The second-order valence-corrected chi connectivity index (χ2v) is 6.80. The van der Waals surface area contributed by atoms with Gasteiger partial charge in [0.2, 0.25) is 16.9 Å². The molecule has 21 heavy (non-hydrogen) atoms. The van der Waals surface area contributed by atoms with Gasteiger partial charge >= 0.3 is 0 Å². The highest BCUT2D eigenvalue weighted by Crippen LogP contribution is 2.30. The Labute approximate surface area is 128 Å². The van der Waals surface area contributed by atoms with E-state index in [-0.39, 0.29) is 24.2 Å². The molecule has 2 aromatic rings. The maximum atomic E-state index is 11.8. The van der Waals surface area contributed by atoms with E-state index in [1.807, 2.05) is 6.92 Å². The number of carbonyl (C=O) groups excluding carboxylic acids is 2. The average Bonchev–Trinajstić information content (AvgIpc) is 3.08. The zero-order chi connectivity index (χ0) is 14.8. The molecule has 3 rings (SSSR count). The Morgan fingerprint density at radius 3 is 2.76 bits per heavy atom. The minimum Gasteiger partial charge on any atom is -0.302 e. The summed E-state index contributed by atoms with van der Waals surface area (Å²) in [6, 6.07) is 0. The van der Waals surface area contributed by atoms with Crippen molar-refractivity contribution >= 4 is 44.8 Å². The highest BCUT2D eigenvalue weighted by Gasteiger charge is 2.30. The van der Waals surface area contributed by atoms with Crippen molar-refractivity contribution < 1.29 is 9.59 Å². The van der Waals surface area contributed by atoms with Crippen molar-refractivity contribution in [3.63, 3.8) is 0 Å². The van der Waals surface area contributed by atoms with Crippen molar-refractivity contribution in [2.24, 2.45) is 5.92 Å². The summed E-state index contributed by atoms with van der Waals surface area (Å²) in [6.07, 6.45) is 2.05. The van der Waals surface area contributed by atoms with E-state index in [1.165, 1.54) is 22.7 Å². The van der Waals surface area contributed by atoms with Gasteiger partial charge in [0.1, 0.15) is 5.01 Å². The molecule has 0 aliphatic heterocycles. The van der Waals surface area contributed by atoms with Gasteiger partial charge in [-0.15, -0.1) is 21.5 Å². The number of thiazole rings is 1. The third kappa shape index (κ3) is 3.82. The van der Waals surface area contributed by atoms with Crippen molar-refractivity contribution in [3.8, 4) is 0 Å². The van der Waals surface area contributed by atoms with Crippen LogP contribution < -0.4 is 10.6 Å². The minimum absolute atomic E-state index is 0.0182. The van der Waals surface area contributed by atoms with Gasteiger partial charge in [-0.2, -0.15) is 0 Å². The first kappa shape index (κ1) is 14.1. The van der Waals surface area contributed by atoms with Gasteiger partial charge in [0, 0.05) is 11.3 Å². The molecule has 0 radical (unpaired) electrons. The highest BCUT2D eigenvalue weighted by molar-refractivity contribution is 7.15. The van der Waals surface area contributed by atoms with E-state index in [1.54, 1.807) is 5.38 Å². The van der Waals surface area contributed by atoms with Gasteiger partial charge in [0.15, 0.2) is 5.13 Å². The highest BCUT2D eigenvalue weighted by atomic mass is 32.1. The van der Waals surface area contributed by atoms with Crippen LogP contribution in [0.1, 0.15) is 23.5 Å². The Bertz CT molecular complexity index is 677. The van der Waals surface area contributed by atoms with Gasteiger partial charge in [-0.05, 0) is 19.8 Å². The first-order chi connectivity index (χ1) is 10.1. The van der Waals surface area contributed by atoms with E-state index >= 15 is 0 Å². The Morgan fingerprint density at radius 1 is 1.29 bits per heavy atom. The van der Waals surface area contributed by atoms with Crippen molar-refractivity contribution in [3.05, 3.63) is 16.1 Å². The number of rotatable bonds is 5. The lowest BCUT2D eigenvalue weighted by Crippen LogP contribution is -2.15. The third-order valence-electron chi connectivity index (χ3n) is 2.84. The molecular weight excluding hydrogens is 310 g/mol. The third-order valence-corrected chi connectivity index (χ3v) is 4.40. The van der Waals surface area contributed by atoms with Crippen LogP contribution in [0.5, 0.6) is 0 Å². The van der Waals surface area contributed by atoms with Gasteiger partial charge in [0.25, 0.3) is 0 Å². The summed E-state index contributed by atoms with van der Waals surface area (Å²) in [7, 11) is 0. The summed E-state index contributed by atoms with van der Waals surface area (Å²) in [4.78, 5) is 27.7. The first-order valence-corrected chi connectivity index (χ1v) is 8.15. The standard InChI is InChI=1S/C12H13N5O2S2/c1-6-16-17-12(21-6)14-9(18)4-8-5-20-11(13-8)15-10(19)7-2-3-7/h5,7H,2-4H2,1H3,(H,13,15,19)(H,14,17,18). The lowest BCUT2D eigenvalue weighted by atomic mass is 10.3. The summed E-state index contributed by atoms with van der Waals surface area (Å²) in [5.41, 5.74) is 0.629. The molecule has 9 heteroatoms.